The van der Waals surface area contributed by atoms with Crippen molar-refractivity contribution in [3.05, 3.63) is 33.9 Å². The van der Waals surface area contributed by atoms with Crippen LogP contribution >= 0.6 is 11.3 Å². The summed E-state index contributed by atoms with van der Waals surface area (Å²) in [7, 11) is 1.55. The number of hydrogen-bond donors (Lipinski definition) is 2. The molecule has 0 aromatic carbocycles. The molecule has 7 heteroatoms. The number of pyridine rings is 1. The molecule has 2 amide bonds. The molecule has 2 aromatic heterocycles. The lowest BCUT2D eigenvalue weighted by molar-refractivity contribution is 0.249. The van der Waals surface area contributed by atoms with Crippen LogP contribution in [0, 0.1) is 13.8 Å². The average Bonchev–Trinajstić information content (AvgIpc) is 2.87. The number of anilines is 1. The molecule has 2 rings (SSSR count). The van der Waals surface area contributed by atoms with Crippen LogP contribution in [-0.4, -0.2) is 23.1 Å². The van der Waals surface area contributed by atoms with Crippen LogP contribution in [0.3, 0.4) is 0 Å². The normalized spacial score (nSPS) is 11.8. The van der Waals surface area contributed by atoms with Gasteiger partial charge in [-0.1, -0.05) is 0 Å². The van der Waals surface area contributed by atoms with E-state index in [0.29, 0.717) is 17.3 Å². The van der Waals surface area contributed by atoms with Crippen molar-refractivity contribution in [2.24, 2.45) is 0 Å². The van der Waals surface area contributed by atoms with E-state index in [-0.39, 0.29) is 12.1 Å². The van der Waals surface area contributed by atoms with Crippen molar-refractivity contribution < 1.29 is 9.53 Å². The second-order valence-corrected chi connectivity index (χ2v) is 5.88. The molecule has 2 aromatic rings. The smallest absolute Gasteiger partial charge is 0.319 e. The number of methoxy groups -OCH3 is 1. The minimum Gasteiger partial charge on any atom is -0.481 e. The zero-order valence-electron chi connectivity index (χ0n) is 12.4. The summed E-state index contributed by atoms with van der Waals surface area (Å²) < 4.78 is 5.03. The fourth-order valence-electron chi connectivity index (χ4n) is 1.77. The molecule has 0 saturated carbocycles. The number of aryl methyl sites for hydroxylation is 2. The van der Waals surface area contributed by atoms with Crippen LogP contribution in [-0.2, 0) is 0 Å². The lowest BCUT2D eigenvalue weighted by Crippen LogP contribution is -2.31. The Morgan fingerprint density at radius 3 is 2.71 bits per heavy atom. The highest BCUT2D eigenvalue weighted by Gasteiger charge is 2.13. The molecule has 0 fully saturated rings. The maximum Gasteiger partial charge on any atom is 0.319 e. The van der Waals surface area contributed by atoms with Crippen LogP contribution in [0.15, 0.2) is 18.3 Å². The summed E-state index contributed by atoms with van der Waals surface area (Å²) in [6.07, 6.45) is 1.80. The van der Waals surface area contributed by atoms with Crippen LogP contribution in [0.4, 0.5) is 10.5 Å². The number of thiazole rings is 1. The van der Waals surface area contributed by atoms with E-state index in [1.807, 2.05) is 20.8 Å². The average molecular weight is 306 g/mol. The maximum absolute atomic E-state index is 12.0. The van der Waals surface area contributed by atoms with Gasteiger partial charge in [0.05, 0.1) is 24.5 Å². The van der Waals surface area contributed by atoms with Gasteiger partial charge in [0.25, 0.3) is 0 Å². The molecular weight excluding hydrogens is 288 g/mol. The van der Waals surface area contributed by atoms with Crippen LogP contribution in [0.25, 0.3) is 0 Å². The zero-order chi connectivity index (χ0) is 15.4. The molecule has 21 heavy (non-hydrogen) atoms. The van der Waals surface area contributed by atoms with Crippen molar-refractivity contribution in [3.63, 3.8) is 0 Å². The number of rotatable bonds is 4. The first-order valence-electron chi connectivity index (χ1n) is 6.51. The molecular formula is C14H18N4O2S. The Balaban J connectivity index is 1.98. The van der Waals surface area contributed by atoms with Gasteiger partial charge in [-0.05, 0) is 26.8 Å². The van der Waals surface area contributed by atoms with Gasteiger partial charge < -0.3 is 15.4 Å². The van der Waals surface area contributed by atoms with Gasteiger partial charge in [-0.25, -0.2) is 14.8 Å². The number of carbonyl (C=O) groups excluding carboxylic acids is 1. The Morgan fingerprint density at radius 2 is 2.14 bits per heavy atom. The fraction of sp³-hybridized carbons (Fsp3) is 0.357. The molecule has 0 spiro atoms. The van der Waals surface area contributed by atoms with E-state index < -0.39 is 0 Å². The third-order valence-corrected chi connectivity index (χ3v) is 3.97. The van der Waals surface area contributed by atoms with Crippen molar-refractivity contribution in [2.45, 2.75) is 26.8 Å². The Morgan fingerprint density at radius 1 is 1.38 bits per heavy atom. The summed E-state index contributed by atoms with van der Waals surface area (Å²) in [4.78, 5) is 21.6. The SMILES string of the molecule is COc1ccc(NC(=O)N[C@@H](C)c2ncc(C)s2)c(C)n1. The van der Waals surface area contributed by atoms with Gasteiger partial charge in [0, 0.05) is 17.1 Å². The molecule has 2 N–H and O–H groups in total. The molecule has 0 aliphatic carbocycles. The summed E-state index contributed by atoms with van der Waals surface area (Å²) in [5.41, 5.74) is 1.35. The van der Waals surface area contributed by atoms with E-state index in [1.165, 1.54) is 0 Å². The second kappa shape index (κ2) is 6.53. The predicted octanol–water partition coefficient (Wildman–Crippen LogP) is 3.05. The number of ether oxygens (including phenoxy) is 1. The van der Waals surface area contributed by atoms with Crippen molar-refractivity contribution in [1.29, 1.82) is 0 Å². The van der Waals surface area contributed by atoms with E-state index in [4.69, 9.17) is 4.74 Å². The Labute approximate surface area is 127 Å². The first-order chi connectivity index (χ1) is 9.99. The second-order valence-electron chi connectivity index (χ2n) is 4.62. The number of aromatic nitrogens is 2. The molecule has 0 unspecified atom stereocenters. The summed E-state index contributed by atoms with van der Waals surface area (Å²) >= 11 is 1.57. The minimum atomic E-state index is -0.287. The van der Waals surface area contributed by atoms with Crippen LogP contribution < -0.4 is 15.4 Å². The van der Waals surface area contributed by atoms with Crippen LogP contribution in [0.5, 0.6) is 5.88 Å². The third-order valence-electron chi connectivity index (χ3n) is 2.87. The standard InChI is InChI=1S/C14H18N4O2S/c1-8-7-15-13(21-8)10(3)17-14(19)18-11-5-6-12(20-4)16-9(11)2/h5-7,10H,1-4H3,(H2,17,18,19)/t10-/m0/s1. The van der Waals surface area contributed by atoms with Gasteiger partial charge in [0.2, 0.25) is 5.88 Å². The number of carbonyl (C=O) groups is 1. The fourth-order valence-corrected chi connectivity index (χ4v) is 2.55. The summed E-state index contributed by atoms with van der Waals surface area (Å²) in [5.74, 6) is 0.519. The van der Waals surface area contributed by atoms with Crippen molar-refractivity contribution in [1.82, 2.24) is 15.3 Å². The van der Waals surface area contributed by atoms with Crippen LogP contribution in [0.2, 0.25) is 0 Å². The summed E-state index contributed by atoms with van der Waals surface area (Å²) in [5, 5.41) is 6.51. The summed E-state index contributed by atoms with van der Waals surface area (Å²) in [6, 6.07) is 3.04. The molecule has 2 heterocycles. The molecule has 0 bridgehead atoms. The van der Waals surface area contributed by atoms with Crippen molar-refractivity contribution >= 4 is 23.1 Å². The first-order valence-corrected chi connectivity index (χ1v) is 7.32. The molecule has 0 saturated heterocycles. The van der Waals surface area contributed by atoms with Crippen molar-refractivity contribution in [3.8, 4) is 5.88 Å². The van der Waals surface area contributed by atoms with E-state index >= 15 is 0 Å². The minimum absolute atomic E-state index is 0.143. The Kier molecular flexibility index (Phi) is 4.74. The zero-order valence-corrected chi connectivity index (χ0v) is 13.2. The first kappa shape index (κ1) is 15.2. The molecule has 1 atom stereocenters. The molecule has 6 nitrogen and oxygen atoms in total. The van der Waals surface area contributed by atoms with Gasteiger partial charge >= 0.3 is 6.03 Å². The van der Waals surface area contributed by atoms with E-state index in [0.717, 1.165) is 9.88 Å². The quantitative estimate of drug-likeness (QED) is 0.910. The van der Waals surface area contributed by atoms with E-state index in [9.17, 15) is 4.79 Å². The largest absolute Gasteiger partial charge is 0.481 e. The highest BCUT2D eigenvalue weighted by Crippen LogP contribution is 2.20. The van der Waals surface area contributed by atoms with E-state index in [2.05, 4.69) is 20.6 Å². The van der Waals surface area contributed by atoms with Gasteiger partial charge in [-0.3, -0.25) is 0 Å². The lowest BCUT2D eigenvalue weighted by Gasteiger charge is -2.13. The molecule has 0 radical (unpaired) electrons. The van der Waals surface area contributed by atoms with E-state index in [1.54, 1.807) is 36.8 Å². The number of urea groups is 1. The number of nitrogens with zero attached hydrogens (tertiary/aromatic N) is 2. The number of amides is 2. The van der Waals surface area contributed by atoms with Crippen LogP contribution in [0.1, 0.15) is 28.5 Å². The number of hydrogen-bond acceptors (Lipinski definition) is 5. The van der Waals surface area contributed by atoms with Crippen molar-refractivity contribution in [2.75, 3.05) is 12.4 Å². The number of nitrogens with one attached hydrogen (secondary N) is 2. The lowest BCUT2D eigenvalue weighted by atomic mass is 10.3. The van der Waals surface area contributed by atoms with Gasteiger partial charge in [0.1, 0.15) is 5.01 Å². The Hall–Kier alpha value is -2.15. The molecule has 0 aliphatic rings. The molecule has 112 valence electrons. The Bertz CT molecular complexity index is 642. The topological polar surface area (TPSA) is 76.1 Å². The maximum atomic E-state index is 12.0. The monoisotopic (exact) mass is 306 g/mol. The van der Waals surface area contributed by atoms with Gasteiger partial charge in [-0.2, -0.15) is 0 Å². The molecule has 0 aliphatic heterocycles. The predicted molar refractivity (Wildman–Crippen MR) is 82.9 cm³/mol. The third kappa shape index (κ3) is 3.91. The highest BCUT2D eigenvalue weighted by atomic mass is 32.1. The summed E-state index contributed by atoms with van der Waals surface area (Å²) in [6.45, 7) is 5.70. The highest BCUT2D eigenvalue weighted by molar-refractivity contribution is 7.11. The van der Waals surface area contributed by atoms with Gasteiger partial charge in [0.15, 0.2) is 0 Å². The van der Waals surface area contributed by atoms with Gasteiger partial charge in [-0.15, -0.1) is 11.3 Å².